The molecule has 0 aromatic carbocycles. The highest BCUT2D eigenvalue weighted by molar-refractivity contribution is 5.67. The van der Waals surface area contributed by atoms with Crippen molar-refractivity contribution in [2.24, 2.45) is 23.7 Å². The summed E-state index contributed by atoms with van der Waals surface area (Å²) in [6, 6.07) is 0. The number of allylic oxidation sites excluding steroid dienone is 7. The Bertz CT molecular complexity index is 662. The molecule has 3 aliphatic rings. The lowest BCUT2D eigenvalue weighted by Gasteiger charge is -2.24. The number of hydrogen-bond donors (Lipinski definition) is 3. The van der Waals surface area contributed by atoms with E-state index in [2.05, 4.69) is 48.7 Å². The Kier molecular flexibility index (Phi) is 7.48. The number of carbonyl (C=O) groups is 1. The first kappa shape index (κ1) is 20.8. The minimum atomic E-state index is -0.561. The smallest absolute Gasteiger partial charge is 0.407 e. The first-order valence-electron chi connectivity index (χ1n) is 10.1. The van der Waals surface area contributed by atoms with E-state index in [1.165, 1.54) is 11.1 Å². The van der Waals surface area contributed by atoms with E-state index in [1.54, 1.807) is 0 Å². The highest BCUT2D eigenvalue weighted by Crippen LogP contribution is 2.49. The van der Waals surface area contributed by atoms with E-state index in [-0.39, 0.29) is 19.1 Å². The maximum Gasteiger partial charge on any atom is 0.407 e. The maximum absolute atomic E-state index is 12.1. The van der Waals surface area contributed by atoms with Crippen LogP contribution in [0.15, 0.2) is 47.6 Å². The second kappa shape index (κ2) is 10.0. The van der Waals surface area contributed by atoms with Gasteiger partial charge in [-0.25, -0.2) is 4.79 Å². The minimum Gasteiger partial charge on any atom is -0.449 e. The fourth-order valence-electron chi connectivity index (χ4n) is 4.26. The Labute approximate surface area is 166 Å². The van der Waals surface area contributed by atoms with Crippen LogP contribution in [0.3, 0.4) is 0 Å². The van der Waals surface area contributed by atoms with Gasteiger partial charge in [-0.15, -0.1) is 0 Å². The van der Waals surface area contributed by atoms with E-state index in [0.29, 0.717) is 43.9 Å². The van der Waals surface area contributed by atoms with Gasteiger partial charge in [0.15, 0.2) is 0 Å². The molecule has 0 aromatic rings. The van der Waals surface area contributed by atoms with E-state index >= 15 is 0 Å². The van der Waals surface area contributed by atoms with E-state index in [4.69, 9.17) is 19.7 Å². The van der Waals surface area contributed by atoms with Gasteiger partial charge in [-0.1, -0.05) is 49.0 Å². The standard InChI is InChI=1S/C22H31NO5/c1-15-7-8-19-20(11-15)17-5-2-3-6-18(17)21(19)14-28-22(26)23-9-4-10-27-16(12-24)13-25/h2-3,5-8,15-18,21,24-25H,4,9-14H2,1H3,(H,23,26). The Balaban J connectivity index is 1.45. The zero-order chi connectivity index (χ0) is 19.9. The van der Waals surface area contributed by atoms with Crippen molar-refractivity contribution in [3.8, 4) is 0 Å². The molecular formula is C22H31NO5. The molecule has 4 atom stereocenters. The van der Waals surface area contributed by atoms with Crippen LogP contribution in [0.4, 0.5) is 4.79 Å². The molecular weight excluding hydrogens is 358 g/mol. The van der Waals surface area contributed by atoms with Gasteiger partial charge in [0.05, 0.1) is 13.2 Å². The number of aliphatic hydroxyl groups is 2. The largest absolute Gasteiger partial charge is 0.449 e. The average Bonchev–Trinajstić information content (AvgIpc) is 3.02. The van der Waals surface area contributed by atoms with Crippen molar-refractivity contribution < 1.29 is 24.5 Å². The monoisotopic (exact) mass is 389 g/mol. The molecule has 0 radical (unpaired) electrons. The molecule has 0 heterocycles. The lowest BCUT2D eigenvalue weighted by molar-refractivity contribution is -0.0201. The highest BCUT2D eigenvalue weighted by Gasteiger charge is 2.41. The van der Waals surface area contributed by atoms with Gasteiger partial charge < -0.3 is 25.0 Å². The fourth-order valence-corrected chi connectivity index (χ4v) is 4.26. The lowest BCUT2D eigenvalue weighted by atomic mass is 9.82. The summed E-state index contributed by atoms with van der Waals surface area (Å²) in [5.41, 5.74) is 2.83. The lowest BCUT2D eigenvalue weighted by Crippen LogP contribution is -2.30. The fraction of sp³-hybridized carbons (Fsp3) is 0.591. The number of fused-ring (bicyclic) bond motifs is 2. The van der Waals surface area contributed by atoms with Crippen molar-refractivity contribution in [2.75, 3.05) is 33.0 Å². The predicted octanol–water partition coefficient (Wildman–Crippen LogP) is 2.35. The zero-order valence-corrected chi connectivity index (χ0v) is 16.4. The second-order valence-electron chi connectivity index (χ2n) is 7.74. The van der Waals surface area contributed by atoms with E-state index in [1.807, 2.05) is 0 Å². The summed E-state index contributed by atoms with van der Waals surface area (Å²) in [5.74, 6) is 1.54. The molecule has 0 aliphatic heterocycles. The van der Waals surface area contributed by atoms with Gasteiger partial charge in [-0.05, 0) is 30.3 Å². The van der Waals surface area contributed by atoms with Crippen LogP contribution in [0.2, 0.25) is 0 Å². The van der Waals surface area contributed by atoms with Crippen molar-refractivity contribution in [3.05, 3.63) is 47.6 Å². The molecule has 0 saturated carbocycles. The number of amides is 1. The summed E-state index contributed by atoms with van der Waals surface area (Å²) in [4.78, 5) is 12.1. The molecule has 154 valence electrons. The first-order chi connectivity index (χ1) is 13.6. The molecule has 0 bridgehead atoms. The number of carbonyl (C=O) groups excluding carboxylic acids is 1. The van der Waals surface area contributed by atoms with E-state index < -0.39 is 12.2 Å². The van der Waals surface area contributed by atoms with E-state index in [9.17, 15) is 4.79 Å². The molecule has 0 aromatic heterocycles. The number of rotatable bonds is 9. The van der Waals surface area contributed by atoms with Gasteiger partial charge >= 0.3 is 6.09 Å². The van der Waals surface area contributed by atoms with Crippen LogP contribution in [-0.2, 0) is 9.47 Å². The summed E-state index contributed by atoms with van der Waals surface area (Å²) in [6.45, 7) is 2.95. The van der Waals surface area contributed by atoms with E-state index in [0.717, 1.165) is 6.42 Å². The van der Waals surface area contributed by atoms with Crippen LogP contribution in [-0.4, -0.2) is 55.4 Å². The summed E-state index contributed by atoms with van der Waals surface area (Å²) < 4.78 is 10.8. The van der Waals surface area contributed by atoms with Crippen LogP contribution in [0, 0.1) is 23.7 Å². The Morgan fingerprint density at radius 1 is 1.25 bits per heavy atom. The summed E-state index contributed by atoms with van der Waals surface area (Å²) in [7, 11) is 0. The average molecular weight is 389 g/mol. The first-order valence-corrected chi connectivity index (χ1v) is 10.1. The number of nitrogens with one attached hydrogen (secondary N) is 1. The number of ether oxygens (including phenoxy) is 2. The molecule has 3 N–H and O–H groups in total. The third-order valence-corrected chi connectivity index (χ3v) is 5.71. The molecule has 6 heteroatoms. The van der Waals surface area contributed by atoms with Crippen LogP contribution < -0.4 is 5.32 Å². The van der Waals surface area contributed by atoms with Crippen molar-refractivity contribution in [1.29, 1.82) is 0 Å². The zero-order valence-electron chi connectivity index (χ0n) is 16.4. The normalized spacial score (nSPS) is 27.9. The van der Waals surface area contributed by atoms with Crippen molar-refractivity contribution in [1.82, 2.24) is 5.32 Å². The Hall–Kier alpha value is -1.89. The SMILES string of the molecule is CC1C=CC2=C(C1)C1C=CC=CC1C2COC(=O)NCCCOC(CO)CO. The summed E-state index contributed by atoms with van der Waals surface area (Å²) >= 11 is 0. The van der Waals surface area contributed by atoms with Crippen LogP contribution in [0.25, 0.3) is 0 Å². The van der Waals surface area contributed by atoms with Crippen LogP contribution in [0.1, 0.15) is 19.8 Å². The Morgan fingerprint density at radius 2 is 2.04 bits per heavy atom. The van der Waals surface area contributed by atoms with Gasteiger partial charge in [0.1, 0.15) is 12.7 Å². The molecule has 6 nitrogen and oxygen atoms in total. The molecule has 0 saturated heterocycles. The van der Waals surface area contributed by atoms with Crippen molar-refractivity contribution in [2.45, 2.75) is 25.9 Å². The second-order valence-corrected chi connectivity index (χ2v) is 7.74. The van der Waals surface area contributed by atoms with Crippen molar-refractivity contribution in [3.63, 3.8) is 0 Å². The summed E-state index contributed by atoms with van der Waals surface area (Å²) in [5, 5.41) is 20.6. The third-order valence-electron chi connectivity index (χ3n) is 5.71. The molecule has 28 heavy (non-hydrogen) atoms. The molecule has 3 aliphatic carbocycles. The van der Waals surface area contributed by atoms with Gasteiger partial charge in [0.25, 0.3) is 0 Å². The van der Waals surface area contributed by atoms with Gasteiger partial charge in [0, 0.05) is 25.0 Å². The predicted molar refractivity (Wildman–Crippen MR) is 107 cm³/mol. The molecule has 3 rings (SSSR count). The molecule has 0 spiro atoms. The Morgan fingerprint density at radius 3 is 2.82 bits per heavy atom. The number of aliphatic hydroxyl groups excluding tert-OH is 2. The highest BCUT2D eigenvalue weighted by atomic mass is 16.5. The third kappa shape index (κ3) is 4.93. The number of alkyl carbamates (subject to hydrolysis) is 1. The van der Waals surface area contributed by atoms with Gasteiger partial charge in [-0.2, -0.15) is 0 Å². The quantitative estimate of drug-likeness (QED) is 0.527. The maximum atomic E-state index is 12.1. The summed E-state index contributed by atoms with van der Waals surface area (Å²) in [6.07, 6.45) is 13.9. The molecule has 4 unspecified atom stereocenters. The van der Waals surface area contributed by atoms with Crippen molar-refractivity contribution >= 4 is 6.09 Å². The van der Waals surface area contributed by atoms with Gasteiger partial charge in [0.2, 0.25) is 0 Å². The van der Waals surface area contributed by atoms with Crippen LogP contribution >= 0.6 is 0 Å². The topological polar surface area (TPSA) is 88.0 Å². The van der Waals surface area contributed by atoms with Crippen LogP contribution in [0.5, 0.6) is 0 Å². The number of hydrogen-bond acceptors (Lipinski definition) is 5. The van der Waals surface area contributed by atoms with Gasteiger partial charge in [-0.3, -0.25) is 0 Å². The molecule has 1 amide bonds. The molecule has 0 fully saturated rings. The minimum absolute atomic E-state index is 0.203.